The molecular formula is C20H19BrN6O. The highest BCUT2D eigenvalue weighted by Gasteiger charge is 2.24. The number of hydrazone groups is 1. The Morgan fingerprint density at radius 2 is 1.82 bits per heavy atom. The molecule has 7 nitrogen and oxygen atoms in total. The predicted molar refractivity (Wildman–Crippen MR) is 113 cm³/mol. The van der Waals surface area contributed by atoms with Gasteiger partial charge in [0.2, 0.25) is 5.95 Å². The summed E-state index contributed by atoms with van der Waals surface area (Å²) in [7, 11) is 0. The van der Waals surface area contributed by atoms with Crippen LogP contribution in [0.4, 0.5) is 11.8 Å². The van der Waals surface area contributed by atoms with Crippen LogP contribution in [0.3, 0.4) is 0 Å². The third kappa shape index (κ3) is 3.33. The molecule has 0 unspecified atom stereocenters. The first-order valence-corrected chi connectivity index (χ1v) is 10.1. The largest absolute Gasteiger partial charge is 0.378 e. The molecule has 8 heteroatoms. The molecule has 2 aromatic heterocycles. The van der Waals surface area contributed by atoms with Gasteiger partial charge in [-0.05, 0) is 27.6 Å². The highest BCUT2D eigenvalue weighted by Crippen LogP contribution is 2.29. The minimum absolute atomic E-state index is 0.611. The van der Waals surface area contributed by atoms with Gasteiger partial charge in [-0.1, -0.05) is 30.3 Å². The molecule has 0 atom stereocenters. The van der Waals surface area contributed by atoms with E-state index in [9.17, 15) is 0 Å². The van der Waals surface area contributed by atoms with E-state index >= 15 is 0 Å². The number of halogens is 1. The van der Waals surface area contributed by atoms with Crippen LogP contribution in [0.5, 0.6) is 0 Å². The predicted octanol–water partition coefficient (Wildman–Crippen LogP) is 3.24. The molecule has 1 aromatic carbocycles. The first kappa shape index (κ1) is 17.5. The van der Waals surface area contributed by atoms with Gasteiger partial charge in [0, 0.05) is 30.2 Å². The molecular weight excluding hydrogens is 420 g/mol. The quantitative estimate of drug-likeness (QED) is 0.625. The van der Waals surface area contributed by atoms with Crippen molar-refractivity contribution < 1.29 is 4.74 Å². The fourth-order valence-corrected chi connectivity index (χ4v) is 3.83. The van der Waals surface area contributed by atoms with Gasteiger partial charge >= 0.3 is 0 Å². The average Bonchev–Trinajstić information content (AvgIpc) is 3.24. The van der Waals surface area contributed by atoms with E-state index in [1.54, 1.807) is 6.20 Å². The molecule has 28 heavy (non-hydrogen) atoms. The van der Waals surface area contributed by atoms with Gasteiger partial charge in [-0.15, -0.1) is 0 Å². The maximum atomic E-state index is 5.50. The number of benzene rings is 1. The first-order chi connectivity index (χ1) is 13.8. The molecule has 2 aliphatic rings. The van der Waals surface area contributed by atoms with Gasteiger partial charge in [-0.25, -0.2) is 15.0 Å². The first-order valence-electron chi connectivity index (χ1n) is 9.34. The number of aromatic nitrogens is 3. The van der Waals surface area contributed by atoms with Crippen LogP contribution in [-0.4, -0.2) is 53.5 Å². The number of hydrogen-bond donors (Lipinski definition) is 0. The van der Waals surface area contributed by atoms with E-state index in [0.717, 1.165) is 58.7 Å². The van der Waals surface area contributed by atoms with Crippen molar-refractivity contribution in [2.45, 2.75) is 6.42 Å². The zero-order valence-corrected chi connectivity index (χ0v) is 16.8. The molecule has 3 aromatic rings. The molecule has 0 N–H and O–H groups in total. The number of fused-ring (bicyclic) bond motifs is 1. The molecule has 1 saturated heterocycles. The summed E-state index contributed by atoms with van der Waals surface area (Å²) in [5.74, 6) is 1.46. The second-order valence-electron chi connectivity index (χ2n) is 6.75. The van der Waals surface area contributed by atoms with Crippen molar-refractivity contribution in [3.8, 4) is 0 Å². The smallest absolute Gasteiger partial charge is 0.248 e. The standard InChI is InChI=1S/C20H19BrN6O/c21-15-12-17-18(22-13-15)19(26-8-10-28-11-9-26)24-20(23-17)27-7-6-16(25-27)14-4-2-1-3-5-14/h1-5,12-13H,6-11H2. The summed E-state index contributed by atoms with van der Waals surface area (Å²) in [4.78, 5) is 16.4. The van der Waals surface area contributed by atoms with Gasteiger partial charge in [0.1, 0.15) is 5.52 Å². The van der Waals surface area contributed by atoms with Crippen LogP contribution in [0.25, 0.3) is 11.0 Å². The summed E-state index contributed by atoms with van der Waals surface area (Å²) in [6.45, 7) is 3.73. The summed E-state index contributed by atoms with van der Waals surface area (Å²) in [5.41, 5.74) is 3.82. The SMILES string of the molecule is Brc1cnc2c(N3CCOCC3)nc(N3CCC(c4ccccc4)=N3)nc2c1. The van der Waals surface area contributed by atoms with Crippen molar-refractivity contribution in [3.63, 3.8) is 0 Å². The molecule has 142 valence electrons. The van der Waals surface area contributed by atoms with E-state index in [0.29, 0.717) is 19.2 Å². The van der Waals surface area contributed by atoms with E-state index in [2.05, 4.69) is 37.9 Å². The Labute approximate surface area is 171 Å². The van der Waals surface area contributed by atoms with Crippen LogP contribution < -0.4 is 9.91 Å². The van der Waals surface area contributed by atoms with Gasteiger partial charge in [0.05, 0.1) is 31.0 Å². The highest BCUT2D eigenvalue weighted by atomic mass is 79.9. The van der Waals surface area contributed by atoms with Crippen molar-refractivity contribution in [2.24, 2.45) is 5.10 Å². The lowest BCUT2D eigenvalue weighted by Crippen LogP contribution is -2.37. The lowest BCUT2D eigenvalue weighted by Gasteiger charge is -2.28. The van der Waals surface area contributed by atoms with Crippen LogP contribution in [0.2, 0.25) is 0 Å². The van der Waals surface area contributed by atoms with Crippen molar-refractivity contribution in [1.82, 2.24) is 15.0 Å². The molecule has 0 spiro atoms. The molecule has 0 aliphatic carbocycles. The van der Waals surface area contributed by atoms with Crippen molar-refractivity contribution in [1.29, 1.82) is 0 Å². The minimum atomic E-state index is 0.611. The molecule has 1 fully saturated rings. The third-order valence-corrected chi connectivity index (χ3v) is 5.36. The van der Waals surface area contributed by atoms with Crippen LogP contribution >= 0.6 is 15.9 Å². The monoisotopic (exact) mass is 438 g/mol. The summed E-state index contributed by atoms with van der Waals surface area (Å²) in [6.07, 6.45) is 2.66. The number of ether oxygens (including phenoxy) is 1. The molecule has 0 saturated carbocycles. The minimum Gasteiger partial charge on any atom is -0.378 e. The average molecular weight is 439 g/mol. The molecule has 4 heterocycles. The van der Waals surface area contributed by atoms with E-state index < -0.39 is 0 Å². The van der Waals surface area contributed by atoms with Gasteiger partial charge in [0.15, 0.2) is 5.82 Å². The summed E-state index contributed by atoms with van der Waals surface area (Å²) < 4.78 is 6.40. The normalized spacial score (nSPS) is 17.2. The summed E-state index contributed by atoms with van der Waals surface area (Å²) in [5, 5.41) is 6.69. The second kappa shape index (κ2) is 7.44. The Morgan fingerprint density at radius 1 is 1.00 bits per heavy atom. The van der Waals surface area contributed by atoms with Crippen LogP contribution in [-0.2, 0) is 4.74 Å². The Bertz CT molecular complexity index is 1040. The van der Waals surface area contributed by atoms with Gasteiger partial charge in [-0.3, -0.25) is 0 Å². The number of rotatable bonds is 3. The second-order valence-corrected chi connectivity index (χ2v) is 7.67. The summed E-state index contributed by atoms with van der Waals surface area (Å²) in [6, 6.07) is 12.2. The van der Waals surface area contributed by atoms with Crippen molar-refractivity contribution in [2.75, 3.05) is 42.8 Å². The fraction of sp³-hybridized carbons (Fsp3) is 0.300. The highest BCUT2D eigenvalue weighted by molar-refractivity contribution is 9.10. The van der Waals surface area contributed by atoms with Crippen molar-refractivity contribution >= 4 is 44.4 Å². The van der Waals surface area contributed by atoms with Crippen molar-refractivity contribution in [3.05, 3.63) is 52.6 Å². The number of anilines is 2. The number of hydrogen-bond acceptors (Lipinski definition) is 7. The Kier molecular flexibility index (Phi) is 4.66. The van der Waals surface area contributed by atoms with E-state index in [4.69, 9.17) is 19.8 Å². The van der Waals surface area contributed by atoms with Crippen LogP contribution in [0, 0.1) is 0 Å². The zero-order valence-electron chi connectivity index (χ0n) is 15.3. The third-order valence-electron chi connectivity index (χ3n) is 4.92. The molecule has 0 bridgehead atoms. The van der Waals surface area contributed by atoms with E-state index in [-0.39, 0.29) is 0 Å². The Balaban J connectivity index is 1.57. The summed E-state index contributed by atoms with van der Waals surface area (Å²) >= 11 is 3.50. The van der Waals surface area contributed by atoms with Gasteiger partial charge < -0.3 is 9.64 Å². The fourth-order valence-electron chi connectivity index (χ4n) is 3.51. The number of morpholine rings is 1. The topological polar surface area (TPSA) is 66.7 Å². The Morgan fingerprint density at radius 3 is 2.64 bits per heavy atom. The van der Waals surface area contributed by atoms with Gasteiger partial charge in [-0.2, -0.15) is 10.1 Å². The maximum absolute atomic E-state index is 5.50. The lowest BCUT2D eigenvalue weighted by molar-refractivity contribution is 0.122. The lowest BCUT2D eigenvalue weighted by atomic mass is 10.1. The molecule has 0 amide bonds. The number of pyridine rings is 1. The Hall–Kier alpha value is -2.58. The zero-order chi connectivity index (χ0) is 18.9. The molecule has 0 radical (unpaired) electrons. The van der Waals surface area contributed by atoms with E-state index in [1.165, 1.54) is 0 Å². The van der Waals surface area contributed by atoms with Crippen LogP contribution in [0.1, 0.15) is 12.0 Å². The molecule has 5 rings (SSSR count). The van der Waals surface area contributed by atoms with E-state index in [1.807, 2.05) is 29.3 Å². The van der Waals surface area contributed by atoms with Crippen LogP contribution in [0.15, 0.2) is 52.2 Å². The maximum Gasteiger partial charge on any atom is 0.248 e. The molecule has 2 aliphatic heterocycles. The number of nitrogens with zero attached hydrogens (tertiary/aromatic N) is 6. The van der Waals surface area contributed by atoms with Gasteiger partial charge in [0.25, 0.3) is 0 Å².